The van der Waals surface area contributed by atoms with E-state index in [0.717, 1.165) is 0 Å². The van der Waals surface area contributed by atoms with Crippen molar-refractivity contribution in [2.75, 3.05) is 32.6 Å². The molecule has 1 aliphatic rings. The first-order valence-corrected chi connectivity index (χ1v) is 5.52. The molecule has 0 saturated carbocycles. The summed E-state index contributed by atoms with van der Waals surface area (Å²) in [6.45, 7) is 1.79. The molecule has 5 nitrogen and oxygen atoms in total. The number of amidine groups is 1. The van der Waals surface area contributed by atoms with Gasteiger partial charge in [-0.1, -0.05) is 11.8 Å². The molecule has 78 valence electrons. The third kappa shape index (κ3) is 2.61. The van der Waals surface area contributed by atoms with Crippen molar-refractivity contribution in [1.29, 1.82) is 5.26 Å². The summed E-state index contributed by atoms with van der Waals surface area (Å²) in [6.07, 6.45) is 3.62. The van der Waals surface area contributed by atoms with Crippen LogP contribution in [-0.4, -0.2) is 53.8 Å². The molecule has 1 atom stereocenters. The predicted octanol–water partition coefficient (Wildman–Crippen LogP) is -0.120. The van der Waals surface area contributed by atoms with E-state index in [-0.39, 0.29) is 12.6 Å². The molecular weight excluding hydrogens is 202 g/mol. The molecule has 0 amide bonds. The molecule has 14 heavy (non-hydrogen) atoms. The maximum atomic E-state index is 9.11. The third-order valence-corrected chi connectivity index (χ3v) is 2.70. The van der Waals surface area contributed by atoms with Crippen molar-refractivity contribution in [3.63, 3.8) is 0 Å². The van der Waals surface area contributed by atoms with Crippen LogP contribution >= 0.6 is 11.8 Å². The van der Waals surface area contributed by atoms with Gasteiger partial charge in [-0.05, 0) is 6.26 Å². The normalized spacial score (nSPS) is 23.4. The Bertz CT molecular complexity index is 251. The summed E-state index contributed by atoms with van der Waals surface area (Å²) in [5.74, 6) is 0. The Labute approximate surface area is 87.4 Å². The summed E-state index contributed by atoms with van der Waals surface area (Å²) in [5, 5.41) is 18.2. The van der Waals surface area contributed by atoms with Gasteiger partial charge in [-0.3, -0.25) is 0 Å². The Balaban J connectivity index is 2.71. The van der Waals surface area contributed by atoms with Crippen LogP contribution in [0, 0.1) is 11.5 Å². The fourth-order valence-corrected chi connectivity index (χ4v) is 1.93. The van der Waals surface area contributed by atoms with Crippen LogP contribution in [0.1, 0.15) is 0 Å². The first-order valence-electron chi connectivity index (χ1n) is 4.29. The van der Waals surface area contributed by atoms with E-state index < -0.39 is 0 Å². The topological polar surface area (TPSA) is 68.9 Å². The molecule has 1 aliphatic heterocycles. The molecule has 0 aromatic heterocycles. The van der Waals surface area contributed by atoms with Crippen LogP contribution in [0.3, 0.4) is 0 Å². The highest BCUT2D eigenvalue weighted by molar-refractivity contribution is 8.13. The van der Waals surface area contributed by atoms with E-state index in [0.29, 0.717) is 24.9 Å². The second-order valence-corrected chi connectivity index (χ2v) is 3.58. The Morgan fingerprint density at radius 3 is 3.21 bits per heavy atom. The van der Waals surface area contributed by atoms with E-state index >= 15 is 0 Å². The van der Waals surface area contributed by atoms with Crippen molar-refractivity contribution in [2.24, 2.45) is 4.99 Å². The minimum absolute atomic E-state index is 0.0189. The van der Waals surface area contributed by atoms with Gasteiger partial charge in [0.2, 0.25) is 6.19 Å². The van der Waals surface area contributed by atoms with Crippen LogP contribution in [-0.2, 0) is 4.74 Å². The fourth-order valence-electron chi connectivity index (χ4n) is 1.33. The highest BCUT2D eigenvalue weighted by Crippen LogP contribution is 2.13. The molecule has 1 rings (SSSR count). The number of aliphatic imine (C=N–C) groups is 1. The molecule has 1 N–H and O–H groups in total. The van der Waals surface area contributed by atoms with Gasteiger partial charge in [0, 0.05) is 6.54 Å². The Hall–Kier alpha value is -0.770. The number of nitriles is 1. The van der Waals surface area contributed by atoms with Gasteiger partial charge in [0.15, 0.2) is 5.17 Å². The number of morpholine rings is 1. The molecule has 0 aromatic rings. The average molecular weight is 215 g/mol. The smallest absolute Gasteiger partial charge is 0.208 e. The zero-order valence-electron chi connectivity index (χ0n) is 8.01. The second-order valence-electron chi connectivity index (χ2n) is 2.80. The lowest BCUT2D eigenvalue weighted by molar-refractivity contribution is 0.00624. The Morgan fingerprint density at radius 2 is 2.64 bits per heavy atom. The Kier molecular flexibility index (Phi) is 4.73. The lowest BCUT2D eigenvalue weighted by Gasteiger charge is -2.35. The van der Waals surface area contributed by atoms with E-state index in [1.807, 2.05) is 11.2 Å². The summed E-state index contributed by atoms with van der Waals surface area (Å²) in [4.78, 5) is 5.62. The van der Waals surface area contributed by atoms with Gasteiger partial charge in [0.1, 0.15) is 0 Å². The molecule has 0 aliphatic carbocycles. The molecule has 0 bridgehead atoms. The van der Waals surface area contributed by atoms with Crippen molar-refractivity contribution < 1.29 is 9.84 Å². The van der Waals surface area contributed by atoms with Crippen LogP contribution in [0.5, 0.6) is 0 Å². The standard InChI is InChI=1S/C8H13N3O2S/c1-14-8(10-6-9)11-2-3-13-5-7(11)4-12/h7,12H,2-5H2,1H3. The highest BCUT2D eigenvalue weighted by Gasteiger charge is 2.24. The summed E-state index contributed by atoms with van der Waals surface area (Å²) >= 11 is 1.41. The van der Waals surface area contributed by atoms with Crippen LogP contribution < -0.4 is 0 Å². The van der Waals surface area contributed by atoms with Gasteiger partial charge in [-0.15, -0.1) is 4.99 Å². The van der Waals surface area contributed by atoms with Gasteiger partial charge in [-0.25, -0.2) is 0 Å². The van der Waals surface area contributed by atoms with Crippen molar-refractivity contribution >= 4 is 16.9 Å². The summed E-state index contributed by atoms with van der Waals surface area (Å²) in [6, 6.07) is -0.0803. The van der Waals surface area contributed by atoms with E-state index in [4.69, 9.17) is 15.1 Å². The fraction of sp³-hybridized carbons (Fsp3) is 0.750. The van der Waals surface area contributed by atoms with Crippen LogP contribution in [0.15, 0.2) is 4.99 Å². The number of hydrogen-bond donors (Lipinski definition) is 1. The number of aliphatic hydroxyl groups is 1. The highest BCUT2D eigenvalue weighted by atomic mass is 32.2. The van der Waals surface area contributed by atoms with Gasteiger partial charge in [0.05, 0.1) is 25.9 Å². The average Bonchev–Trinajstić information content (AvgIpc) is 2.26. The Morgan fingerprint density at radius 1 is 1.86 bits per heavy atom. The summed E-state index contributed by atoms with van der Waals surface area (Å²) < 4.78 is 5.23. The van der Waals surface area contributed by atoms with Gasteiger partial charge in [-0.2, -0.15) is 5.26 Å². The van der Waals surface area contributed by atoms with Crippen molar-refractivity contribution in [3.05, 3.63) is 0 Å². The lowest BCUT2D eigenvalue weighted by atomic mass is 10.2. The van der Waals surface area contributed by atoms with E-state index in [1.54, 1.807) is 6.19 Å². The van der Waals surface area contributed by atoms with Crippen LogP contribution in [0.25, 0.3) is 0 Å². The molecule has 0 aromatic carbocycles. The molecular formula is C8H13N3O2S. The molecule has 1 saturated heterocycles. The SMILES string of the molecule is CSC(=NC#N)N1CCOCC1CO. The largest absolute Gasteiger partial charge is 0.394 e. The second kappa shape index (κ2) is 5.86. The number of nitrogens with zero attached hydrogens (tertiary/aromatic N) is 3. The molecule has 1 heterocycles. The molecule has 0 spiro atoms. The summed E-state index contributed by atoms with van der Waals surface area (Å²) in [5.41, 5.74) is 0. The zero-order valence-corrected chi connectivity index (χ0v) is 8.83. The van der Waals surface area contributed by atoms with Gasteiger partial charge >= 0.3 is 0 Å². The van der Waals surface area contributed by atoms with E-state index in [9.17, 15) is 0 Å². The van der Waals surface area contributed by atoms with Gasteiger partial charge in [0.25, 0.3) is 0 Å². The number of ether oxygens (including phenoxy) is 1. The molecule has 1 unspecified atom stereocenters. The van der Waals surface area contributed by atoms with Crippen molar-refractivity contribution in [3.8, 4) is 6.19 Å². The first kappa shape index (κ1) is 11.3. The van der Waals surface area contributed by atoms with Crippen LogP contribution in [0.4, 0.5) is 0 Å². The van der Waals surface area contributed by atoms with Crippen molar-refractivity contribution in [1.82, 2.24) is 4.90 Å². The van der Waals surface area contributed by atoms with Gasteiger partial charge < -0.3 is 14.7 Å². The zero-order chi connectivity index (χ0) is 10.4. The first-order chi connectivity index (χ1) is 6.83. The number of thioether (sulfide) groups is 1. The third-order valence-electron chi connectivity index (χ3n) is 2.01. The van der Waals surface area contributed by atoms with Crippen LogP contribution in [0.2, 0.25) is 0 Å². The molecule has 6 heteroatoms. The maximum absolute atomic E-state index is 9.11. The van der Waals surface area contributed by atoms with Crippen molar-refractivity contribution in [2.45, 2.75) is 6.04 Å². The predicted molar refractivity (Wildman–Crippen MR) is 55.0 cm³/mol. The maximum Gasteiger partial charge on any atom is 0.208 e. The van der Waals surface area contributed by atoms with E-state index in [2.05, 4.69) is 4.99 Å². The summed E-state index contributed by atoms with van der Waals surface area (Å²) in [7, 11) is 0. The monoisotopic (exact) mass is 215 g/mol. The quantitative estimate of drug-likeness (QED) is 0.375. The minimum atomic E-state index is -0.0803. The van der Waals surface area contributed by atoms with E-state index in [1.165, 1.54) is 11.8 Å². The minimum Gasteiger partial charge on any atom is -0.394 e. The number of aliphatic hydroxyl groups excluding tert-OH is 1. The molecule has 1 fully saturated rings. The molecule has 0 radical (unpaired) electrons. The number of hydrogen-bond acceptors (Lipinski definition) is 5. The lowest BCUT2D eigenvalue weighted by Crippen LogP contribution is -2.49. The number of rotatable bonds is 1.